The van der Waals surface area contributed by atoms with Crippen molar-refractivity contribution in [3.05, 3.63) is 0 Å². The highest BCUT2D eigenvalue weighted by atomic mass is 15.1. The molecule has 0 bridgehead atoms. The topological polar surface area (TPSA) is 29.3 Å². The Bertz CT molecular complexity index is 141. The molecule has 2 N–H and O–H groups in total. The first kappa shape index (κ1) is 10.0. The van der Waals surface area contributed by atoms with E-state index in [4.69, 9.17) is 5.73 Å². The third-order valence-electron chi connectivity index (χ3n) is 3.47. The van der Waals surface area contributed by atoms with Crippen LogP contribution in [0.4, 0.5) is 0 Å². The Balaban J connectivity index is 2.41. The van der Waals surface area contributed by atoms with E-state index in [1.807, 2.05) is 0 Å². The molecule has 1 aliphatic carbocycles. The maximum absolute atomic E-state index is 5.79. The summed E-state index contributed by atoms with van der Waals surface area (Å²) < 4.78 is 0. The van der Waals surface area contributed by atoms with Crippen LogP contribution in [0.3, 0.4) is 0 Å². The first-order valence-electron chi connectivity index (χ1n) is 4.96. The van der Waals surface area contributed by atoms with Crippen molar-refractivity contribution >= 4 is 0 Å². The van der Waals surface area contributed by atoms with Crippen molar-refractivity contribution in [3.63, 3.8) is 0 Å². The van der Waals surface area contributed by atoms with E-state index in [1.54, 1.807) is 0 Å². The number of hydrogen-bond donors (Lipinski definition) is 1. The second-order valence-corrected chi connectivity index (χ2v) is 4.60. The van der Waals surface area contributed by atoms with Gasteiger partial charge in [-0.2, -0.15) is 0 Å². The zero-order chi connectivity index (χ0) is 9.19. The zero-order valence-corrected chi connectivity index (χ0v) is 8.64. The summed E-state index contributed by atoms with van der Waals surface area (Å²) in [5, 5.41) is 0. The molecular weight excluding hydrogens is 148 g/mol. The monoisotopic (exact) mass is 170 g/mol. The Kier molecular flexibility index (Phi) is 3.13. The summed E-state index contributed by atoms with van der Waals surface area (Å²) in [6.07, 6.45) is 5.54. The van der Waals surface area contributed by atoms with E-state index in [1.165, 1.54) is 25.7 Å². The van der Waals surface area contributed by atoms with Gasteiger partial charge in [0, 0.05) is 12.1 Å². The van der Waals surface area contributed by atoms with Crippen molar-refractivity contribution in [2.45, 2.75) is 38.1 Å². The smallest absolute Gasteiger partial charge is 0.0300 e. The lowest BCUT2D eigenvalue weighted by Gasteiger charge is -2.41. The number of likely N-dealkylation sites (N-methyl/N-ethyl adjacent to an activating group) is 1. The Labute approximate surface area is 76.1 Å². The molecule has 12 heavy (non-hydrogen) atoms. The van der Waals surface area contributed by atoms with E-state index in [-0.39, 0.29) is 5.54 Å². The van der Waals surface area contributed by atoms with Crippen LogP contribution < -0.4 is 5.73 Å². The molecule has 0 spiro atoms. The standard InChI is InChI=1S/C10H22N2/c1-10(8-11,12(2)3)7-9-5-4-6-9/h9H,4-8,11H2,1-3H3. The number of rotatable bonds is 4. The predicted molar refractivity (Wildman–Crippen MR) is 53.1 cm³/mol. The molecule has 0 aromatic heterocycles. The maximum Gasteiger partial charge on any atom is 0.0300 e. The molecule has 2 heteroatoms. The van der Waals surface area contributed by atoms with Gasteiger partial charge in [0.25, 0.3) is 0 Å². The summed E-state index contributed by atoms with van der Waals surface area (Å²) in [6.45, 7) is 3.04. The number of nitrogens with zero attached hydrogens (tertiary/aromatic N) is 1. The van der Waals surface area contributed by atoms with E-state index in [9.17, 15) is 0 Å². The minimum Gasteiger partial charge on any atom is -0.329 e. The van der Waals surface area contributed by atoms with Crippen LogP contribution in [-0.4, -0.2) is 31.1 Å². The minimum absolute atomic E-state index is 0.227. The molecule has 72 valence electrons. The Morgan fingerprint density at radius 3 is 2.25 bits per heavy atom. The van der Waals surface area contributed by atoms with Gasteiger partial charge in [-0.25, -0.2) is 0 Å². The van der Waals surface area contributed by atoms with Crippen LogP contribution in [0.5, 0.6) is 0 Å². The van der Waals surface area contributed by atoms with Crippen molar-refractivity contribution in [3.8, 4) is 0 Å². The molecular formula is C10H22N2. The fourth-order valence-electron chi connectivity index (χ4n) is 1.77. The van der Waals surface area contributed by atoms with Crippen molar-refractivity contribution in [1.29, 1.82) is 0 Å². The molecule has 1 aliphatic rings. The molecule has 1 rings (SSSR count). The Hall–Kier alpha value is -0.0800. The summed E-state index contributed by atoms with van der Waals surface area (Å²) >= 11 is 0. The van der Waals surface area contributed by atoms with Crippen molar-refractivity contribution in [1.82, 2.24) is 4.90 Å². The van der Waals surface area contributed by atoms with Crippen LogP contribution in [0.15, 0.2) is 0 Å². The van der Waals surface area contributed by atoms with Crippen LogP contribution in [0.25, 0.3) is 0 Å². The molecule has 0 heterocycles. The van der Waals surface area contributed by atoms with Gasteiger partial charge in [0.15, 0.2) is 0 Å². The quantitative estimate of drug-likeness (QED) is 0.692. The lowest BCUT2D eigenvalue weighted by molar-refractivity contribution is 0.115. The minimum atomic E-state index is 0.227. The second-order valence-electron chi connectivity index (χ2n) is 4.60. The first-order chi connectivity index (χ1) is 5.58. The molecule has 0 aliphatic heterocycles. The SMILES string of the molecule is CN(C)C(C)(CN)CC1CCC1. The second kappa shape index (κ2) is 3.75. The lowest BCUT2D eigenvalue weighted by atomic mass is 9.76. The normalized spacial score (nSPS) is 23.8. The van der Waals surface area contributed by atoms with Crippen LogP contribution in [-0.2, 0) is 0 Å². The predicted octanol–water partition coefficient (Wildman–Crippen LogP) is 1.46. The van der Waals surface area contributed by atoms with Crippen LogP contribution in [0.1, 0.15) is 32.6 Å². The summed E-state index contributed by atoms with van der Waals surface area (Å²) in [5.41, 5.74) is 6.02. The van der Waals surface area contributed by atoms with Gasteiger partial charge in [0.1, 0.15) is 0 Å². The van der Waals surface area contributed by atoms with E-state index in [2.05, 4.69) is 25.9 Å². The van der Waals surface area contributed by atoms with Gasteiger partial charge in [-0.15, -0.1) is 0 Å². The molecule has 0 aromatic carbocycles. The molecule has 1 unspecified atom stereocenters. The van der Waals surface area contributed by atoms with Crippen molar-refractivity contribution < 1.29 is 0 Å². The van der Waals surface area contributed by atoms with Crippen LogP contribution >= 0.6 is 0 Å². The summed E-state index contributed by atoms with van der Waals surface area (Å²) in [7, 11) is 4.26. The van der Waals surface area contributed by atoms with Gasteiger partial charge in [-0.1, -0.05) is 19.3 Å². The summed E-state index contributed by atoms with van der Waals surface area (Å²) in [4.78, 5) is 2.27. The number of hydrogen-bond acceptors (Lipinski definition) is 2. The fourth-order valence-corrected chi connectivity index (χ4v) is 1.77. The summed E-state index contributed by atoms with van der Waals surface area (Å²) in [5.74, 6) is 0.945. The highest BCUT2D eigenvalue weighted by molar-refractivity contribution is 4.88. The van der Waals surface area contributed by atoms with E-state index in [0.29, 0.717) is 0 Å². The largest absolute Gasteiger partial charge is 0.329 e. The molecule has 0 aromatic rings. The number of nitrogens with two attached hydrogens (primary N) is 1. The van der Waals surface area contributed by atoms with Gasteiger partial charge < -0.3 is 10.6 Å². The van der Waals surface area contributed by atoms with Gasteiger partial charge in [-0.05, 0) is 33.4 Å². The van der Waals surface area contributed by atoms with Crippen LogP contribution in [0, 0.1) is 5.92 Å². The summed E-state index contributed by atoms with van der Waals surface area (Å²) in [6, 6.07) is 0. The average Bonchev–Trinajstić information content (AvgIpc) is 1.96. The van der Waals surface area contributed by atoms with Gasteiger partial charge >= 0.3 is 0 Å². The average molecular weight is 170 g/mol. The van der Waals surface area contributed by atoms with Gasteiger partial charge in [0.05, 0.1) is 0 Å². The fraction of sp³-hybridized carbons (Fsp3) is 1.00. The molecule has 0 saturated heterocycles. The Morgan fingerprint density at radius 1 is 1.42 bits per heavy atom. The van der Waals surface area contributed by atoms with E-state index >= 15 is 0 Å². The molecule has 1 fully saturated rings. The molecule has 1 atom stereocenters. The third-order valence-corrected chi connectivity index (χ3v) is 3.47. The Morgan fingerprint density at radius 2 is 2.00 bits per heavy atom. The lowest BCUT2D eigenvalue weighted by Crippen LogP contribution is -2.49. The molecule has 0 radical (unpaired) electrons. The highest BCUT2D eigenvalue weighted by Gasteiger charge is 2.31. The maximum atomic E-state index is 5.79. The van der Waals surface area contributed by atoms with E-state index < -0.39 is 0 Å². The molecule has 2 nitrogen and oxygen atoms in total. The van der Waals surface area contributed by atoms with Crippen molar-refractivity contribution in [2.24, 2.45) is 11.7 Å². The molecule has 0 amide bonds. The van der Waals surface area contributed by atoms with Gasteiger partial charge in [-0.3, -0.25) is 0 Å². The molecule has 1 saturated carbocycles. The van der Waals surface area contributed by atoms with E-state index in [0.717, 1.165) is 12.5 Å². The zero-order valence-electron chi connectivity index (χ0n) is 8.64. The van der Waals surface area contributed by atoms with Crippen molar-refractivity contribution in [2.75, 3.05) is 20.6 Å². The highest BCUT2D eigenvalue weighted by Crippen LogP contribution is 2.34. The van der Waals surface area contributed by atoms with Crippen LogP contribution in [0.2, 0.25) is 0 Å². The van der Waals surface area contributed by atoms with Gasteiger partial charge in [0.2, 0.25) is 0 Å². The first-order valence-corrected chi connectivity index (χ1v) is 4.96. The third kappa shape index (κ3) is 1.99.